The molecule has 0 atom stereocenters. The van der Waals surface area contributed by atoms with Crippen LogP contribution in [0.4, 0.5) is 0 Å². The smallest absolute Gasteiger partial charge is 0.129 e. The van der Waals surface area contributed by atoms with Crippen molar-refractivity contribution in [1.82, 2.24) is 0 Å². The molecule has 0 saturated heterocycles. The van der Waals surface area contributed by atoms with Crippen molar-refractivity contribution in [1.29, 1.82) is 0 Å². The van der Waals surface area contributed by atoms with Crippen LogP contribution in [0.1, 0.15) is 13.8 Å². The van der Waals surface area contributed by atoms with Crippen LogP contribution in [0.25, 0.3) is 0 Å². The van der Waals surface area contributed by atoms with Gasteiger partial charge in [0.25, 0.3) is 0 Å². The normalized spacial score (nSPS) is 9.40. The molecule has 0 bridgehead atoms. The van der Waals surface area contributed by atoms with Crippen LogP contribution in [0.15, 0.2) is 29.3 Å². The van der Waals surface area contributed by atoms with Crippen LogP contribution < -0.4 is 0 Å². The van der Waals surface area contributed by atoms with Crippen molar-refractivity contribution in [3.05, 3.63) is 24.3 Å². The van der Waals surface area contributed by atoms with Gasteiger partial charge in [0.15, 0.2) is 0 Å². The van der Waals surface area contributed by atoms with Crippen LogP contribution >= 0.6 is 24.2 Å². The molecule has 0 radical (unpaired) electrons. The van der Waals surface area contributed by atoms with Gasteiger partial charge in [0.2, 0.25) is 0 Å². The molecule has 0 rings (SSSR count). The maximum absolute atomic E-state index is 5.38. The molecule has 0 amide bonds. The molecule has 0 heterocycles. The monoisotopic (exact) mass is 177 g/mol. The molecule has 0 aromatic heterocycles. The number of rotatable bonds is 2. The highest BCUT2D eigenvalue weighted by atomic mass is 35.5. The first-order chi connectivity index (χ1) is 4.66. The molecule has 10 heavy (non-hydrogen) atoms. The van der Waals surface area contributed by atoms with E-state index < -0.39 is 0 Å². The lowest BCUT2D eigenvalue weighted by atomic mass is 10.7. The van der Waals surface area contributed by atoms with Gasteiger partial charge >= 0.3 is 0 Å². The van der Waals surface area contributed by atoms with Crippen LogP contribution in [0.5, 0.6) is 0 Å². The number of nitrogens with zero attached hydrogens (tertiary/aromatic N) is 1. The molecule has 58 valence electrons. The minimum absolute atomic E-state index is 0.310. The van der Waals surface area contributed by atoms with Gasteiger partial charge in [-0.15, -0.1) is 12.6 Å². The number of aliphatic imine (C=N–C) groups is 1. The molecule has 0 fully saturated rings. The first-order valence-electron chi connectivity index (χ1n) is 2.91. The summed E-state index contributed by atoms with van der Waals surface area (Å²) in [7, 11) is 0. The molecule has 1 nitrogen and oxygen atoms in total. The summed E-state index contributed by atoms with van der Waals surface area (Å²) < 4.78 is 0. The van der Waals surface area contributed by atoms with Crippen molar-refractivity contribution >= 4 is 29.4 Å². The summed E-state index contributed by atoms with van der Waals surface area (Å²) in [5.41, 5.74) is 0. The summed E-state index contributed by atoms with van der Waals surface area (Å²) in [6, 6.07) is 0. The highest BCUT2D eigenvalue weighted by molar-refractivity contribution is 7.84. The minimum atomic E-state index is 0.310. The van der Waals surface area contributed by atoms with Crippen molar-refractivity contribution in [3.8, 4) is 0 Å². The van der Waals surface area contributed by atoms with Gasteiger partial charge in [-0.05, 0) is 6.08 Å². The van der Waals surface area contributed by atoms with Gasteiger partial charge in [-0.1, -0.05) is 38.6 Å². The Bertz CT molecular complexity index is 141. The molecule has 0 saturated carbocycles. The number of halogens is 1. The Morgan fingerprint density at radius 2 is 2.00 bits per heavy atom. The molecule has 0 aliphatic carbocycles. The Hall–Kier alpha value is -0.210. The fourth-order valence-corrected chi connectivity index (χ4v) is 0.438. The van der Waals surface area contributed by atoms with Gasteiger partial charge in [-0.2, -0.15) is 0 Å². The van der Waals surface area contributed by atoms with Gasteiger partial charge < -0.3 is 0 Å². The van der Waals surface area contributed by atoms with E-state index in [1.54, 1.807) is 0 Å². The lowest BCUT2D eigenvalue weighted by molar-refractivity contribution is 1.50. The SMILES string of the molecule is C=C/C(Cl)=N\C(=C)S.CC. The average molecular weight is 178 g/mol. The predicted molar refractivity (Wildman–Crippen MR) is 53.0 cm³/mol. The average Bonchev–Trinajstić information content (AvgIpc) is 1.91. The number of thiol groups is 1. The Morgan fingerprint density at radius 3 is 2.10 bits per heavy atom. The Labute approximate surface area is 72.9 Å². The second-order valence-corrected chi connectivity index (χ2v) is 1.96. The molecule has 0 N–H and O–H groups in total. The van der Waals surface area contributed by atoms with E-state index in [9.17, 15) is 0 Å². The number of hydrogen-bond donors (Lipinski definition) is 1. The molecule has 0 aromatic rings. The summed E-state index contributed by atoms with van der Waals surface area (Å²) in [5.74, 6) is 0. The topological polar surface area (TPSA) is 12.4 Å². The predicted octanol–water partition coefficient (Wildman–Crippen LogP) is 3.24. The fourth-order valence-electron chi connectivity index (χ4n) is 0.169. The van der Waals surface area contributed by atoms with Gasteiger partial charge in [0.1, 0.15) is 5.17 Å². The molecule has 0 unspecified atom stereocenters. The highest BCUT2D eigenvalue weighted by Gasteiger charge is 1.81. The van der Waals surface area contributed by atoms with Crippen LogP contribution in [0, 0.1) is 0 Å². The van der Waals surface area contributed by atoms with Crippen molar-refractivity contribution in [2.24, 2.45) is 4.99 Å². The number of hydrogen-bond acceptors (Lipinski definition) is 2. The maximum atomic E-state index is 5.38. The first kappa shape index (κ1) is 12.5. The number of allylic oxidation sites excluding steroid dienone is 1. The summed E-state index contributed by atoms with van der Waals surface area (Å²) in [6.45, 7) is 10.8. The van der Waals surface area contributed by atoms with E-state index in [2.05, 4.69) is 30.8 Å². The Morgan fingerprint density at radius 1 is 1.60 bits per heavy atom. The molecule has 3 heteroatoms. The summed E-state index contributed by atoms with van der Waals surface area (Å²) >= 11 is 9.16. The van der Waals surface area contributed by atoms with E-state index >= 15 is 0 Å². The summed E-state index contributed by atoms with van der Waals surface area (Å²) in [5, 5.41) is 0.694. The first-order valence-corrected chi connectivity index (χ1v) is 3.74. The third kappa shape index (κ3) is 10.7. The lowest BCUT2D eigenvalue weighted by Crippen LogP contribution is -1.75. The van der Waals surface area contributed by atoms with Crippen molar-refractivity contribution < 1.29 is 0 Å². The lowest BCUT2D eigenvalue weighted by Gasteiger charge is -1.84. The van der Waals surface area contributed by atoms with Gasteiger partial charge in [-0.3, -0.25) is 0 Å². The third-order valence-electron chi connectivity index (χ3n) is 0.404. The highest BCUT2D eigenvalue weighted by Crippen LogP contribution is 1.99. The van der Waals surface area contributed by atoms with E-state index in [-0.39, 0.29) is 0 Å². The second-order valence-electron chi connectivity index (χ2n) is 1.05. The zero-order chi connectivity index (χ0) is 8.57. The van der Waals surface area contributed by atoms with E-state index in [4.69, 9.17) is 11.6 Å². The molecule has 0 aliphatic heterocycles. The second kappa shape index (κ2) is 8.79. The zero-order valence-corrected chi connectivity index (χ0v) is 7.91. The zero-order valence-electron chi connectivity index (χ0n) is 6.26. The largest absolute Gasteiger partial charge is 0.231 e. The molecule has 0 aliphatic rings. The quantitative estimate of drug-likeness (QED) is 0.491. The van der Waals surface area contributed by atoms with Crippen LogP contribution in [0.2, 0.25) is 0 Å². The Kier molecular flexibility index (Phi) is 11.0. The third-order valence-corrected chi connectivity index (χ3v) is 0.743. The summed E-state index contributed by atoms with van der Waals surface area (Å²) in [6.07, 6.45) is 1.42. The maximum Gasteiger partial charge on any atom is 0.129 e. The molecule has 0 spiro atoms. The van der Waals surface area contributed by atoms with E-state index in [1.807, 2.05) is 13.8 Å². The minimum Gasteiger partial charge on any atom is -0.231 e. The van der Waals surface area contributed by atoms with Gasteiger partial charge in [-0.25, -0.2) is 4.99 Å². The van der Waals surface area contributed by atoms with Gasteiger partial charge in [0.05, 0.1) is 5.03 Å². The standard InChI is InChI=1S/C5H6ClNS.C2H6/c1-3-5(6)7-4(2)8;1-2/h3,8H,1-2H2;1-2H3/b7-5+;. The van der Waals surface area contributed by atoms with E-state index in [0.29, 0.717) is 10.2 Å². The molecule has 0 aromatic carbocycles. The van der Waals surface area contributed by atoms with Crippen LogP contribution in [0.3, 0.4) is 0 Å². The molecular weight excluding hydrogens is 166 g/mol. The van der Waals surface area contributed by atoms with E-state index in [0.717, 1.165) is 0 Å². The van der Waals surface area contributed by atoms with Crippen molar-refractivity contribution in [2.45, 2.75) is 13.8 Å². The molecular formula is C7H12ClNS. The van der Waals surface area contributed by atoms with Crippen LogP contribution in [-0.2, 0) is 0 Å². The van der Waals surface area contributed by atoms with Crippen molar-refractivity contribution in [2.75, 3.05) is 0 Å². The van der Waals surface area contributed by atoms with Crippen molar-refractivity contribution in [3.63, 3.8) is 0 Å². The Balaban J connectivity index is 0. The van der Waals surface area contributed by atoms with Gasteiger partial charge in [0, 0.05) is 0 Å². The fraction of sp³-hybridized carbons (Fsp3) is 0.286. The van der Waals surface area contributed by atoms with E-state index in [1.165, 1.54) is 6.08 Å². The summed E-state index contributed by atoms with van der Waals surface area (Å²) in [4.78, 5) is 3.63. The van der Waals surface area contributed by atoms with Crippen LogP contribution in [-0.4, -0.2) is 5.17 Å².